The van der Waals surface area contributed by atoms with Crippen molar-refractivity contribution in [3.63, 3.8) is 0 Å². The first-order chi connectivity index (χ1) is 14.2. The summed E-state index contributed by atoms with van der Waals surface area (Å²) in [6.45, 7) is 5.70. The lowest BCUT2D eigenvalue weighted by Crippen LogP contribution is -2.32. The minimum Gasteiger partial charge on any atom is -0.468 e. The number of carbonyl (C=O) groups is 1. The Morgan fingerprint density at radius 3 is 2.43 bits per heavy atom. The van der Waals surface area contributed by atoms with E-state index in [-0.39, 0.29) is 11.4 Å². The van der Waals surface area contributed by atoms with E-state index < -0.39 is 16.0 Å². The van der Waals surface area contributed by atoms with Crippen molar-refractivity contribution in [2.45, 2.75) is 38.5 Å². The van der Waals surface area contributed by atoms with Gasteiger partial charge in [-0.1, -0.05) is 19.1 Å². The Morgan fingerprint density at radius 2 is 1.83 bits per heavy atom. The van der Waals surface area contributed by atoms with E-state index in [1.54, 1.807) is 24.3 Å². The summed E-state index contributed by atoms with van der Waals surface area (Å²) >= 11 is 0. The van der Waals surface area contributed by atoms with E-state index in [0.717, 1.165) is 50.1 Å². The van der Waals surface area contributed by atoms with Gasteiger partial charge in [-0.15, -0.1) is 0 Å². The number of hydrogen-bond acceptors (Lipinski definition) is 6. The highest BCUT2D eigenvalue weighted by Crippen LogP contribution is 2.24. The standard InChI is InChI=1S/C21H26N4O4S/c1-6-18-23-20-13(2)17(14(3)22-21(20)24-18)11-15-7-9-16(10-8-15)30(27,28)25(4)12-19(26)29-5/h7-10H,6,11-12H2,1-5H3,(H,22,23,24). The largest absolute Gasteiger partial charge is 0.468 e. The third-order valence-electron chi connectivity index (χ3n) is 5.18. The highest BCUT2D eigenvalue weighted by molar-refractivity contribution is 7.89. The lowest BCUT2D eigenvalue weighted by atomic mass is 9.99. The number of pyridine rings is 1. The fourth-order valence-electron chi connectivity index (χ4n) is 3.33. The number of aromatic amines is 1. The molecule has 0 aliphatic rings. The molecule has 0 saturated heterocycles. The number of ether oxygens (including phenoxy) is 1. The van der Waals surface area contributed by atoms with E-state index >= 15 is 0 Å². The number of carbonyl (C=O) groups excluding carboxylic acids is 1. The van der Waals surface area contributed by atoms with E-state index in [1.165, 1.54) is 14.2 Å². The molecule has 0 fully saturated rings. The Bertz CT molecular complexity index is 1180. The number of benzene rings is 1. The number of nitrogens with zero attached hydrogens (tertiary/aromatic N) is 3. The molecule has 160 valence electrons. The molecular weight excluding hydrogens is 404 g/mol. The van der Waals surface area contributed by atoms with Gasteiger partial charge in [0.05, 0.1) is 12.0 Å². The van der Waals surface area contributed by atoms with Gasteiger partial charge in [-0.2, -0.15) is 4.31 Å². The van der Waals surface area contributed by atoms with E-state index in [4.69, 9.17) is 0 Å². The highest BCUT2D eigenvalue weighted by atomic mass is 32.2. The second-order valence-electron chi connectivity index (χ2n) is 7.19. The van der Waals surface area contributed by atoms with Crippen molar-refractivity contribution in [3.8, 4) is 0 Å². The molecule has 0 atom stereocenters. The fourth-order valence-corrected chi connectivity index (χ4v) is 4.44. The van der Waals surface area contributed by atoms with Gasteiger partial charge in [-0.25, -0.2) is 18.4 Å². The minimum absolute atomic E-state index is 0.125. The van der Waals surface area contributed by atoms with Crippen LogP contribution in [0.25, 0.3) is 11.2 Å². The lowest BCUT2D eigenvalue weighted by Gasteiger charge is -2.16. The second-order valence-corrected chi connectivity index (χ2v) is 9.24. The number of sulfonamides is 1. The van der Waals surface area contributed by atoms with Gasteiger partial charge >= 0.3 is 5.97 Å². The molecule has 0 aliphatic heterocycles. The number of hydrogen-bond donors (Lipinski definition) is 1. The molecule has 1 aromatic carbocycles. The normalized spacial score (nSPS) is 11.9. The average Bonchev–Trinajstić information content (AvgIpc) is 3.14. The Hall–Kier alpha value is -2.78. The molecule has 9 heteroatoms. The zero-order valence-electron chi connectivity index (χ0n) is 17.8. The van der Waals surface area contributed by atoms with Crippen LogP contribution in [0.3, 0.4) is 0 Å². The van der Waals surface area contributed by atoms with E-state index in [9.17, 15) is 13.2 Å². The molecular formula is C21H26N4O4S. The number of imidazole rings is 1. The van der Waals surface area contributed by atoms with Crippen LogP contribution in [0, 0.1) is 13.8 Å². The van der Waals surface area contributed by atoms with Crippen molar-refractivity contribution in [1.29, 1.82) is 0 Å². The number of methoxy groups -OCH3 is 1. The lowest BCUT2D eigenvalue weighted by molar-refractivity contribution is -0.140. The van der Waals surface area contributed by atoms with Gasteiger partial charge < -0.3 is 9.72 Å². The van der Waals surface area contributed by atoms with E-state index in [2.05, 4.69) is 19.7 Å². The summed E-state index contributed by atoms with van der Waals surface area (Å²) in [7, 11) is -1.20. The molecule has 0 bridgehead atoms. The minimum atomic E-state index is -3.77. The molecule has 3 aromatic rings. The van der Waals surface area contributed by atoms with Crippen molar-refractivity contribution in [2.24, 2.45) is 0 Å². The van der Waals surface area contributed by atoms with Gasteiger partial charge in [0.2, 0.25) is 10.0 Å². The van der Waals surface area contributed by atoms with Crippen LogP contribution >= 0.6 is 0 Å². The van der Waals surface area contributed by atoms with Gasteiger partial charge in [-0.3, -0.25) is 4.79 Å². The third kappa shape index (κ3) is 4.22. The van der Waals surface area contributed by atoms with E-state index in [0.29, 0.717) is 6.42 Å². The molecule has 2 aromatic heterocycles. The van der Waals surface area contributed by atoms with E-state index in [1.807, 2.05) is 20.8 Å². The topological polar surface area (TPSA) is 105 Å². The molecule has 0 aliphatic carbocycles. The van der Waals surface area contributed by atoms with Crippen LogP contribution in [0.2, 0.25) is 0 Å². The first-order valence-electron chi connectivity index (χ1n) is 9.64. The molecule has 0 spiro atoms. The smallest absolute Gasteiger partial charge is 0.321 e. The van der Waals surface area contributed by atoms with Crippen LogP contribution in [0.5, 0.6) is 0 Å². The summed E-state index contributed by atoms with van der Waals surface area (Å²) in [5.74, 6) is 0.291. The molecule has 3 rings (SSSR count). The Kier molecular flexibility index (Phi) is 6.23. The third-order valence-corrected chi connectivity index (χ3v) is 7.00. The number of nitrogens with one attached hydrogen (secondary N) is 1. The maximum absolute atomic E-state index is 12.6. The molecule has 30 heavy (non-hydrogen) atoms. The fraction of sp³-hybridized carbons (Fsp3) is 0.381. The Labute approximate surface area is 176 Å². The van der Waals surface area contributed by atoms with Crippen molar-refractivity contribution in [3.05, 3.63) is 52.5 Å². The second kappa shape index (κ2) is 8.53. The van der Waals surface area contributed by atoms with Gasteiger partial charge in [0.1, 0.15) is 17.9 Å². The summed E-state index contributed by atoms with van der Waals surface area (Å²) in [6.07, 6.45) is 1.43. The molecule has 8 nitrogen and oxygen atoms in total. The van der Waals surface area contributed by atoms with Gasteiger partial charge in [0, 0.05) is 19.2 Å². The number of esters is 1. The van der Waals surface area contributed by atoms with Gasteiger partial charge in [0.15, 0.2) is 5.65 Å². The average molecular weight is 431 g/mol. The number of rotatable bonds is 7. The first-order valence-corrected chi connectivity index (χ1v) is 11.1. The van der Waals surface area contributed by atoms with Crippen molar-refractivity contribution in [1.82, 2.24) is 19.3 Å². The summed E-state index contributed by atoms with van der Waals surface area (Å²) in [5, 5.41) is 0. The Morgan fingerprint density at radius 1 is 1.17 bits per heavy atom. The van der Waals surface area contributed by atoms with Gasteiger partial charge in [0.25, 0.3) is 0 Å². The molecule has 0 amide bonds. The molecule has 0 radical (unpaired) electrons. The highest BCUT2D eigenvalue weighted by Gasteiger charge is 2.23. The molecule has 2 heterocycles. The number of H-pyrrole nitrogens is 1. The summed E-state index contributed by atoms with van der Waals surface area (Å²) in [5.41, 5.74) is 5.69. The van der Waals surface area contributed by atoms with Crippen LogP contribution in [-0.2, 0) is 32.4 Å². The van der Waals surface area contributed by atoms with Gasteiger partial charge in [-0.05, 0) is 49.1 Å². The maximum atomic E-state index is 12.6. The Balaban J connectivity index is 1.86. The van der Waals surface area contributed by atoms with Crippen LogP contribution in [0.4, 0.5) is 0 Å². The SMILES string of the molecule is CCc1nc2c(C)c(Cc3ccc(S(=O)(=O)N(C)CC(=O)OC)cc3)c(C)nc2[nH]1. The van der Waals surface area contributed by atoms with Crippen LogP contribution < -0.4 is 0 Å². The number of likely N-dealkylation sites (N-methyl/N-ethyl adjacent to an activating group) is 1. The zero-order valence-corrected chi connectivity index (χ0v) is 18.6. The maximum Gasteiger partial charge on any atom is 0.321 e. The predicted molar refractivity (Wildman–Crippen MR) is 114 cm³/mol. The molecule has 1 N–H and O–H groups in total. The quantitative estimate of drug-likeness (QED) is 0.578. The van der Waals surface area contributed by atoms with Crippen molar-refractivity contribution in [2.75, 3.05) is 20.7 Å². The monoisotopic (exact) mass is 430 g/mol. The van der Waals surface area contributed by atoms with Crippen LogP contribution in [0.15, 0.2) is 29.2 Å². The molecule has 0 saturated carbocycles. The van der Waals surface area contributed by atoms with Crippen LogP contribution in [0.1, 0.15) is 35.1 Å². The van der Waals surface area contributed by atoms with Crippen molar-refractivity contribution < 1.29 is 17.9 Å². The van der Waals surface area contributed by atoms with Crippen molar-refractivity contribution >= 4 is 27.2 Å². The number of fused-ring (bicyclic) bond motifs is 1. The predicted octanol–water partition coefficient (Wildman–Crippen LogP) is 2.52. The first kappa shape index (κ1) is 21.9. The summed E-state index contributed by atoms with van der Waals surface area (Å²) in [6, 6.07) is 6.67. The van der Waals surface area contributed by atoms with Crippen LogP contribution in [-0.4, -0.2) is 54.3 Å². The summed E-state index contributed by atoms with van der Waals surface area (Å²) in [4.78, 5) is 24.0. The summed E-state index contributed by atoms with van der Waals surface area (Å²) < 4.78 is 30.8. The molecule has 0 unspecified atom stereocenters. The zero-order chi connectivity index (χ0) is 22.1. The number of aromatic nitrogens is 3. The number of aryl methyl sites for hydroxylation is 3.